The molecule has 1 aromatic heterocycles. The van der Waals surface area contributed by atoms with Gasteiger partial charge in [-0.3, -0.25) is 4.98 Å². The molecule has 2 N–H and O–H groups in total. The average molecular weight is 222 g/mol. The van der Waals surface area contributed by atoms with E-state index in [2.05, 4.69) is 18.8 Å². The Kier molecular flexibility index (Phi) is 4.90. The molecule has 0 aliphatic carbocycles. The summed E-state index contributed by atoms with van der Waals surface area (Å²) < 4.78 is 5.70. The van der Waals surface area contributed by atoms with Crippen molar-refractivity contribution in [2.24, 2.45) is 11.7 Å². The summed E-state index contributed by atoms with van der Waals surface area (Å²) in [7, 11) is 0. The highest BCUT2D eigenvalue weighted by Gasteiger charge is 2.23. The number of nitrogens with two attached hydrogens (primary N) is 1. The van der Waals surface area contributed by atoms with Crippen molar-refractivity contribution in [1.29, 1.82) is 0 Å². The van der Waals surface area contributed by atoms with E-state index in [1.165, 1.54) is 0 Å². The van der Waals surface area contributed by atoms with E-state index in [0.29, 0.717) is 12.5 Å². The fourth-order valence-corrected chi connectivity index (χ4v) is 1.77. The van der Waals surface area contributed by atoms with Crippen LogP contribution >= 0.6 is 0 Å². The van der Waals surface area contributed by atoms with Crippen LogP contribution < -0.4 is 5.73 Å². The topological polar surface area (TPSA) is 48.1 Å². The highest BCUT2D eigenvalue weighted by molar-refractivity contribution is 5.18. The quantitative estimate of drug-likeness (QED) is 0.832. The number of hydrogen-bond donors (Lipinski definition) is 1. The molecule has 2 unspecified atom stereocenters. The maximum absolute atomic E-state index is 6.21. The molecule has 0 amide bonds. The third-order valence-electron chi connectivity index (χ3n) is 2.69. The first kappa shape index (κ1) is 13.1. The van der Waals surface area contributed by atoms with E-state index in [0.717, 1.165) is 11.3 Å². The highest BCUT2D eigenvalue weighted by Crippen LogP contribution is 2.22. The fraction of sp³-hybridized carbons (Fsp3) is 0.615. The van der Waals surface area contributed by atoms with Gasteiger partial charge in [-0.2, -0.15) is 0 Å². The van der Waals surface area contributed by atoms with Crippen LogP contribution in [0, 0.1) is 12.8 Å². The van der Waals surface area contributed by atoms with Crippen LogP contribution in [-0.2, 0) is 4.74 Å². The maximum Gasteiger partial charge on any atom is 0.0790 e. The normalized spacial score (nSPS) is 15.1. The molecule has 1 aromatic rings. The van der Waals surface area contributed by atoms with Crippen LogP contribution in [0.15, 0.2) is 18.3 Å². The third-order valence-corrected chi connectivity index (χ3v) is 2.69. The summed E-state index contributed by atoms with van der Waals surface area (Å²) in [4.78, 5) is 4.27. The van der Waals surface area contributed by atoms with Crippen molar-refractivity contribution in [3.05, 3.63) is 29.6 Å². The molecular formula is C13H22N2O. The van der Waals surface area contributed by atoms with Gasteiger partial charge in [0.25, 0.3) is 0 Å². The zero-order valence-corrected chi connectivity index (χ0v) is 10.6. The molecule has 3 nitrogen and oxygen atoms in total. The van der Waals surface area contributed by atoms with Gasteiger partial charge in [-0.05, 0) is 31.4 Å². The van der Waals surface area contributed by atoms with Crippen LogP contribution in [0.5, 0.6) is 0 Å². The minimum absolute atomic E-state index is 0.0505. The van der Waals surface area contributed by atoms with E-state index in [1.807, 2.05) is 32.2 Å². The first-order valence-corrected chi connectivity index (χ1v) is 5.86. The molecule has 0 saturated heterocycles. The molecule has 0 aliphatic heterocycles. The molecular weight excluding hydrogens is 200 g/mol. The predicted octanol–water partition coefficient (Wildman–Crippen LogP) is 2.45. The van der Waals surface area contributed by atoms with Gasteiger partial charge in [0, 0.05) is 18.5 Å². The van der Waals surface area contributed by atoms with Gasteiger partial charge in [0.2, 0.25) is 0 Å². The van der Waals surface area contributed by atoms with Crippen molar-refractivity contribution < 1.29 is 4.74 Å². The van der Waals surface area contributed by atoms with Crippen molar-refractivity contribution in [2.75, 3.05) is 6.61 Å². The number of pyridine rings is 1. The van der Waals surface area contributed by atoms with E-state index in [1.54, 1.807) is 0 Å². The molecule has 0 fully saturated rings. The van der Waals surface area contributed by atoms with Crippen LogP contribution in [0.2, 0.25) is 0 Å². The maximum atomic E-state index is 6.21. The standard InChI is InChI=1S/C13H22N2O/c1-5-16-13(9(2)3)12(14)11-7-6-10(4)15-8-11/h6-9,12-13H,5,14H2,1-4H3. The van der Waals surface area contributed by atoms with Crippen molar-refractivity contribution in [3.8, 4) is 0 Å². The Morgan fingerprint density at radius 3 is 2.50 bits per heavy atom. The SMILES string of the molecule is CCOC(C(C)C)C(N)c1ccc(C)nc1. The molecule has 0 spiro atoms. The largest absolute Gasteiger partial charge is 0.376 e. The second kappa shape index (κ2) is 5.97. The van der Waals surface area contributed by atoms with Gasteiger partial charge in [0.05, 0.1) is 12.1 Å². The van der Waals surface area contributed by atoms with Crippen molar-refractivity contribution in [1.82, 2.24) is 4.98 Å². The Balaban J connectivity index is 2.81. The Morgan fingerprint density at radius 1 is 1.38 bits per heavy atom. The summed E-state index contributed by atoms with van der Waals surface area (Å²) in [5.74, 6) is 0.399. The summed E-state index contributed by atoms with van der Waals surface area (Å²) in [5.41, 5.74) is 8.26. The van der Waals surface area contributed by atoms with Crippen LogP contribution in [0.3, 0.4) is 0 Å². The van der Waals surface area contributed by atoms with Gasteiger partial charge in [0.1, 0.15) is 0 Å². The Hall–Kier alpha value is -0.930. The molecule has 3 heteroatoms. The molecule has 0 bridgehead atoms. The van der Waals surface area contributed by atoms with Crippen LogP contribution in [0.1, 0.15) is 38.1 Å². The van der Waals surface area contributed by atoms with Gasteiger partial charge in [0.15, 0.2) is 0 Å². The van der Waals surface area contributed by atoms with Crippen molar-refractivity contribution in [3.63, 3.8) is 0 Å². The summed E-state index contributed by atoms with van der Waals surface area (Å²) >= 11 is 0. The summed E-state index contributed by atoms with van der Waals surface area (Å²) in [6.45, 7) is 8.91. The molecule has 1 heterocycles. The second-order valence-electron chi connectivity index (χ2n) is 4.42. The molecule has 90 valence electrons. The number of hydrogen-bond acceptors (Lipinski definition) is 3. The first-order chi connectivity index (χ1) is 7.56. The van der Waals surface area contributed by atoms with E-state index in [4.69, 9.17) is 10.5 Å². The number of aromatic nitrogens is 1. The van der Waals surface area contributed by atoms with Crippen LogP contribution in [0.4, 0.5) is 0 Å². The third kappa shape index (κ3) is 3.29. The molecule has 1 rings (SSSR count). The number of ether oxygens (including phenoxy) is 1. The number of nitrogens with zero attached hydrogens (tertiary/aromatic N) is 1. The van der Waals surface area contributed by atoms with E-state index in [9.17, 15) is 0 Å². The lowest BCUT2D eigenvalue weighted by Crippen LogP contribution is -2.33. The average Bonchev–Trinajstić information content (AvgIpc) is 2.25. The number of aryl methyl sites for hydroxylation is 1. The van der Waals surface area contributed by atoms with Crippen molar-refractivity contribution in [2.45, 2.75) is 39.8 Å². The minimum Gasteiger partial charge on any atom is -0.376 e. The summed E-state index contributed by atoms with van der Waals surface area (Å²) in [5, 5.41) is 0. The lowest BCUT2D eigenvalue weighted by molar-refractivity contribution is 0.0121. The number of rotatable bonds is 5. The lowest BCUT2D eigenvalue weighted by atomic mass is 9.95. The molecule has 0 saturated carbocycles. The van der Waals surface area contributed by atoms with E-state index in [-0.39, 0.29) is 12.1 Å². The molecule has 16 heavy (non-hydrogen) atoms. The zero-order chi connectivity index (χ0) is 12.1. The van der Waals surface area contributed by atoms with Gasteiger partial charge in [-0.1, -0.05) is 19.9 Å². The first-order valence-electron chi connectivity index (χ1n) is 5.86. The lowest BCUT2D eigenvalue weighted by Gasteiger charge is -2.27. The molecule has 2 atom stereocenters. The van der Waals surface area contributed by atoms with Gasteiger partial charge in [-0.15, -0.1) is 0 Å². The smallest absolute Gasteiger partial charge is 0.0790 e. The predicted molar refractivity (Wildman–Crippen MR) is 66.2 cm³/mol. The van der Waals surface area contributed by atoms with Crippen molar-refractivity contribution >= 4 is 0 Å². The fourth-order valence-electron chi connectivity index (χ4n) is 1.77. The Bertz CT molecular complexity index is 308. The van der Waals surface area contributed by atoms with E-state index >= 15 is 0 Å². The highest BCUT2D eigenvalue weighted by atomic mass is 16.5. The monoisotopic (exact) mass is 222 g/mol. The van der Waals surface area contributed by atoms with E-state index < -0.39 is 0 Å². The molecule has 0 aromatic carbocycles. The van der Waals surface area contributed by atoms with Gasteiger partial charge in [-0.25, -0.2) is 0 Å². The Labute approximate surface area is 98.0 Å². The zero-order valence-electron chi connectivity index (χ0n) is 10.6. The second-order valence-corrected chi connectivity index (χ2v) is 4.42. The van der Waals surface area contributed by atoms with Gasteiger partial charge >= 0.3 is 0 Å². The minimum atomic E-state index is -0.104. The van der Waals surface area contributed by atoms with Crippen LogP contribution in [0.25, 0.3) is 0 Å². The van der Waals surface area contributed by atoms with Gasteiger partial charge < -0.3 is 10.5 Å². The Morgan fingerprint density at radius 2 is 2.06 bits per heavy atom. The summed E-state index contributed by atoms with van der Waals surface area (Å²) in [6, 6.07) is 3.91. The molecule has 0 radical (unpaired) electrons. The molecule has 0 aliphatic rings. The summed E-state index contributed by atoms with van der Waals surface area (Å²) in [6.07, 6.45) is 1.89. The van der Waals surface area contributed by atoms with Crippen LogP contribution in [-0.4, -0.2) is 17.7 Å².